The van der Waals surface area contributed by atoms with Gasteiger partial charge >= 0.3 is 0 Å². The largest absolute Gasteiger partial charge is 0.508 e. The fraction of sp³-hybridized carbons (Fsp3) is 0.294. The van der Waals surface area contributed by atoms with Gasteiger partial charge in [-0.3, -0.25) is 10.1 Å². The fourth-order valence-electron chi connectivity index (χ4n) is 1.85. The summed E-state index contributed by atoms with van der Waals surface area (Å²) in [6.07, 6.45) is 0. The molecule has 0 saturated heterocycles. The Bertz CT molecular complexity index is 724. The number of rotatable bonds is 7. The molecular weight excluding hydrogens is 342 g/mol. The molecule has 0 saturated carbocycles. The number of hydrogen-bond acceptors (Lipinski definition) is 8. The SMILES string of the molecule is Cc1ccc(NCCO)cc1O.Nc1ccc(OCCO)cc1[N+](=O)[O-]. The number of nitrogens with two attached hydrogens (primary N) is 1. The molecule has 0 fully saturated rings. The molecule has 0 spiro atoms. The quantitative estimate of drug-likeness (QED) is 0.282. The molecule has 9 heteroatoms. The lowest BCUT2D eigenvalue weighted by Gasteiger charge is -2.05. The summed E-state index contributed by atoms with van der Waals surface area (Å²) in [7, 11) is 0. The van der Waals surface area contributed by atoms with Crippen LogP contribution in [-0.4, -0.2) is 46.6 Å². The summed E-state index contributed by atoms with van der Waals surface area (Å²) < 4.78 is 4.99. The monoisotopic (exact) mass is 365 g/mol. The van der Waals surface area contributed by atoms with Crippen LogP contribution in [0.3, 0.4) is 0 Å². The minimum absolute atomic E-state index is 0.0892. The van der Waals surface area contributed by atoms with Crippen molar-refractivity contribution in [1.82, 2.24) is 0 Å². The third-order valence-electron chi connectivity index (χ3n) is 3.21. The third kappa shape index (κ3) is 6.83. The summed E-state index contributed by atoms with van der Waals surface area (Å²) in [6.45, 7) is 2.39. The third-order valence-corrected chi connectivity index (χ3v) is 3.21. The summed E-state index contributed by atoms with van der Waals surface area (Å²) in [6, 6.07) is 9.47. The van der Waals surface area contributed by atoms with Crippen LogP contribution in [-0.2, 0) is 0 Å². The van der Waals surface area contributed by atoms with Crippen molar-refractivity contribution in [1.29, 1.82) is 0 Å². The Hall–Kier alpha value is -3.04. The number of nitro groups is 1. The second-order valence-electron chi connectivity index (χ2n) is 5.20. The zero-order valence-electron chi connectivity index (χ0n) is 14.4. The number of ether oxygens (including phenoxy) is 1. The second-order valence-corrected chi connectivity index (χ2v) is 5.20. The van der Waals surface area contributed by atoms with E-state index in [2.05, 4.69) is 5.32 Å². The lowest BCUT2D eigenvalue weighted by atomic mass is 10.2. The van der Waals surface area contributed by atoms with Crippen molar-refractivity contribution < 1.29 is 25.0 Å². The number of aryl methyl sites for hydroxylation is 1. The number of phenolic OH excluding ortho intramolecular Hbond substituents is 1. The van der Waals surface area contributed by atoms with Crippen molar-refractivity contribution in [2.75, 3.05) is 37.4 Å². The summed E-state index contributed by atoms with van der Waals surface area (Å²) in [4.78, 5) is 9.89. The first-order valence-electron chi connectivity index (χ1n) is 7.81. The van der Waals surface area contributed by atoms with Crippen molar-refractivity contribution >= 4 is 17.1 Å². The summed E-state index contributed by atoms with van der Waals surface area (Å²) >= 11 is 0. The number of aromatic hydroxyl groups is 1. The molecular formula is C17H23N3O6. The molecule has 0 heterocycles. The maximum Gasteiger partial charge on any atom is 0.295 e. The van der Waals surface area contributed by atoms with Gasteiger partial charge < -0.3 is 31.1 Å². The van der Waals surface area contributed by atoms with Crippen molar-refractivity contribution in [3.63, 3.8) is 0 Å². The van der Waals surface area contributed by atoms with E-state index in [4.69, 9.17) is 20.7 Å². The van der Waals surface area contributed by atoms with E-state index in [9.17, 15) is 15.2 Å². The van der Waals surface area contributed by atoms with E-state index in [1.165, 1.54) is 18.2 Å². The van der Waals surface area contributed by atoms with E-state index < -0.39 is 4.92 Å². The van der Waals surface area contributed by atoms with Crippen LogP contribution in [0.2, 0.25) is 0 Å². The second kappa shape index (κ2) is 10.7. The molecule has 0 atom stereocenters. The van der Waals surface area contributed by atoms with Gasteiger partial charge in [0.05, 0.1) is 24.2 Å². The molecule has 0 aliphatic carbocycles. The predicted molar refractivity (Wildman–Crippen MR) is 98.5 cm³/mol. The Kier molecular flexibility index (Phi) is 8.68. The van der Waals surface area contributed by atoms with Crippen LogP contribution in [0.15, 0.2) is 36.4 Å². The standard InChI is InChI=1S/C9H13NO2.C8H10N2O4/c1-7-2-3-8(6-9(7)12)10-4-5-11;9-7-2-1-6(14-4-3-11)5-8(7)10(12)13/h2-3,6,10-12H,4-5H2,1H3;1-2,5,11H,3-4,9H2. The van der Waals surface area contributed by atoms with Gasteiger partial charge in [-0.2, -0.15) is 0 Å². The maximum atomic E-state index is 10.5. The minimum atomic E-state index is -0.582. The molecule has 0 bridgehead atoms. The summed E-state index contributed by atoms with van der Waals surface area (Å²) in [5.74, 6) is 0.595. The highest BCUT2D eigenvalue weighted by atomic mass is 16.6. The average molecular weight is 365 g/mol. The highest BCUT2D eigenvalue weighted by molar-refractivity contribution is 5.60. The van der Waals surface area contributed by atoms with Crippen LogP contribution in [0, 0.1) is 17.0 Å². The van der Waals surface area contributed by atoms with Gasteiger partial charge in [-0.05, 0) is 30.7 Å². The molecule has 0 radical (unpaired) electrons. The van der Waals surface area contributed by atoms with Crippen LogP contribution >= 0.6 is 0 Å². The first-order valence-corrected chi connectivity index (χ1v) is 7.81. The van der Waals surface area contributed by atoms with Gasteiger partial charge in [0, 0.05) is 18.3 Å². The highest BCUT2D eigenvalue weighted by Gasteiger charge is 2.12. The first kappa shape index (κ1) is 21.0. The molecule has 6 N–H and O–H groups in total. The molecule has 26 heavy (non-hydrogen) atoms. The minimum Gasteiger partial charge on any atom is -0.508 e. The average Bonchev–Trinajstić information content (AvgIpc) is 2.62. The van der Waals surface area contributed by atoms with Gasteiger partial charge in [0.25, 0.3) is 5.69 Å². The molecule has 9 nitrogen and oxygen atoms in total. The number of aliphatic hydroxyl groups is 2. The molecule has 0 amide bonds. The van der Waals surface area contributed by atoms with Crippen LogP contribution in [0.4, 0.5) is 17.1 Å². The zero-order valence-corrected chi connectivity index (χ0v) is 14.4. The summed E-state index contributed by atoms with van der Waals surface area (Å²) in [5.41, 5.74) is 6.95. The molecule has 0 aliphatic heterocycles. The zero-order chi connectivity index (χ0) is 19.5. The van der Waals surface area contributed by atoms with Crippen LogP contribution < -0.4 is 15.8 Å². The van der Waals surface area contributed by atoms with E-state index in [1.54, 1.807) is 6.07 Å². The number of phenols is 1. The highest BCUT2D eigenvalue weighted by Crippen LogP contribution is 2.26. The van der Waals surface area contributed by atoms with Crippen molar-refractivity contribution in [2.45, 2.75) is 6.92 Å². The van der Waals surface area contributed by atoms with Crippen LogP contribution in [0.25, 0.3) is 0 Å². The topological polar surface area (TPSA) is 151 Å². The number of hydrogen-bond donors (Lipinski definition) is 5. The lowest BCUT2D eigenvalue weighted by molar-refractivity contribution is -0.384. The molecule has 2 rings (SSSR count). The Balaban J connectivity index is 0.000000263. The number of anilines is 2. The Morgan fingerprint density at radius 3 is 2.50 bits per heavy atom. The maximum absolute atomic E-state index is 10.5. The molecule has 0 aliphatic rings. The van der Waals surface area contributed by atoms with Gasteiger partial charge in [-0.15, -0.1) is 0 Å². The van der Waals surface area contributed by atoms with Crippen molar-refractivity contribution in [2.24, 2.45) is 0 Å². The van der Waals surface area contributed by atoms with Crippen LogP contribution in [0.5, 0.6) is 11.5 Å². The normalized spacial score (nSPS) is 9.81. The van der Waals surface area contributed by atoms with E-state index in [0.717, 1.165) is 11.3 Å². The number of benzene rings is 2. The van der Waals surface area contributed by atoms with Gasteiger partial charge in [0.15, 0.2) is 0 Å². The lowest BCUT2D eigenvalue weighted by Crippen LogP contribution is -2.04. The summed E-state index contributed by atoms with van der Waals surface area (Å²) in [5, 5.41) is 39.7. The Labute approximate surface area is 150 Å². The van der Waals surface area contributed by atoms with Gasteiger partial charge in [-0.1, -0.05) is 6.07 Å². The Morgan fingerprint density at radius 2 is 1.92 bits per heavy atom. The number of nitrogens with one attached hydrogen (secondary N) is 1. The van der Waals surface area contributed by atoms with E-state index in [-0.39, 0.29) is 36.9 Å². The molecule has 2 aromatic rings. The predicted octanol–water partition coefficient (Wildman–Crippen LogP) is 1.65. The fourth-order valence-corrected chi connectivity index (χ4v) is 1.85. The molecule has 0 aromatic heterocycles. The smallest absolute Gasteiger partial charge is 0.295 e. The Morgan fingerprint density at radius 1 is 1.19 bits per heavy atom. The van der Waals surface area contributed by atoms with E-state index >= 15 is 0 Å². The number of nitrogens with zero attached hydrogens (tertiary/aromatic N) is 1. The number of aliphatic hydroxyl groups excluding tert-OH is 2. The van der Waals surface area contributed by atoms with E-state index in [1.807, 2.05) is 19.1 Å². The first-order chi connectivity index (χ1) is 12.4. The number of nitrogen functional groups attached to an aromatic ring is 1. The van der Waals surface area contributed by atoms with Crippen molar-refractivity contribution in [3.8, 4) is 11.5 Å². The molecule has 142 valence electrons. The van der Waals surface area contributed by atoms with Gasteiger partial charge in [0.2, 0.25) is 0 Å². The van der Waals surface area contributed by atoms with Gasteiger partial charge in [-0.25, -0.2) is 0 Å². The van der Waals surface area contributed by atoms with Crippen molar-refractivity contribution in [3.05, 3.63) is 52.1 Å². The number of nitro benzene ring substituents is 1. The van der Waals surface area contributed by atoms with Crippen LogP contribution in [0.1, 0.15) is 5.56 Å². The molecule has 2 aromatic carbocycles. The van der Waals surface area contributed by atoms with Gasteiger partial charge in [0.1, 0.15) is 23.8 Å². The molecule has 0 unspecified atom stereocenters. The van der Waals surface area contributed by atoms with E-state index in [0.29, 0.717) is 12.3 Å².